The van der Waals surface area contributed by atoms with Gasteiger partial charge >= 0.3 is 0 Å². The highest BCUT2D eigenvalue weighted by Gasteiger charge is 2.06. The minimum Gasteiger partial charge on any atom is -0.372 e. The van der Waals surface area contributed by atoms with Gasteiger partial charge in [-0.2, -0.15) is 0 Å². The van der Waals surface area contributed by atoms with Gasteiger partial charge in [-0.25, -0.2) is 0 Å². The SMILES string of the molecule is CCCCN(CC)c1ccc(CBr)c(Br)c1. The van der Waals surface area contributed by atoms with Gasteiger partial charge in [0.05, 0.1) is 0 Å². The van der Waals surface area contributed by atoms with Crippen molar-refractivity contribution in [1.82, 2.24) is 0 Å². The molecule has 90 valence electrons. The maximum atomic E-state index is 3.62. The summed E-state index contributed by atoms with van der Waals surface area (Å²) in [5.41, 5.74) is 2.61. The lowest BCUT2D eigenvalue weighted by atomic mass is 10.2. The lowest BCUT2D eigenvalue weighted by Crippen LogP contribution is -2.23. The predicted molar refractivity (Wildman–Crippen MR) is 79.6 cm³/mol. The number of hydrogen-bond acceptors (Lipinski definition) is 1. The van der Waals surface area contributed by atoms with E-state index in [-0.39, 0.29) is 0 Å². The van der Waals surface area contributed by atoms with E-state index in [1.165, 1.54) is 28.6 Å². The van der Waals surface area contributed by atoms with Crippen LogP contribution in [0, 0.1) is 0 Å². The van der Waals surface area contributed by atoms with Gasteiger partial charge in [0.2, 0.25) is 0 Å². The molecule has 0 aliphatic carbocycles. The summed E-state index contributed by atoms with van der Waals surface area (Å²) in [6, 6.07) is 6.61. The summed E-state index contributed by atoms with van der Waals surface area (Å²) < 4.78 is 1.19. The fourth-order valence-corrected chi connectivity index (χ4v) is 3.03. The van der Waals surface area contributed by atoms with Gasteiger partial charge in [0.25, 0.3) is 0 Å². The molecule has 16 heavy (non-hydrogen) atoms. The van der Waals surface area contributed by atoms with Crippen molar-refractivity contribution in [3.8, 4) is 0 Å². The third-order valence-corrected chi connectivity index (χ3v) is 4.05. The Hall–Kier alpha value is -0.0200. The van der Waals surface area contributed by atoms with Crippen LogP contribution in [0.25, 0.3) is 0 Å². The lowest BCUT2D eigenvalue weighted by molar-refractivity contribution is 0.732. The van der Waals surface area contributed by atoms with Gasteiger partial charge in [-0.05, 0) is 31.0 Å². The Balaban J connectivity index is 2.80. The molecule has 0 amide bonds. The van der Waals surface area contributed by atoms with Crippen molar-refractivity contribution in [3.05, 3.63) is 28.2 Å². The zero-order valence-electron chi connectivity index (χ0n) is 9.97. The molecule has 1 aromatic carbocycles. The van der Waals surface area contributed by atoms with Crippen molar-refractivity contribution in [2.45, 2.75) is 32.0 Å². The van der Waals surface area contributed by atoms with E-state index in [4.69, 9.17) is 0 Å². The van der Waals surface area contributed by atoms with E-state index in [1.807, 2.05) is 0 Å². The average Bonchev–Trinajstić information content (AvgIpc) is 2.30. The highest BCUT2D eigenvalue weighted by molar-refractivity contribution is 9.10. The molecule has 3 heteroatoms. The number of anilines is 1. The van der Waals surface area contributed by atoms with Gasteiger partial charge in [-0.1, -0.05) is 51.3 Å². The van der Waals surface area contributed by atoms with Gasteiger partial charge in [0.15, 0.2) is 0 Å². The second-order valence-electron chi connectivity index (χ2n) is 3.84. The van der Waals surface area contributed by atoms with Crippen molar-refractivity contribution in [1.29, 1.82) is 0 Å². The number of benzene rings is 1. The van der Waals surface area contributed by atoms with Crippen molar-refractivity contribution >= 4 is 37.5 Å². The van der Waals surface area contributed by atoms with E-state index >= 15 is 0 Å². The molecule has 0 heterocycles. The second-order valence-corrected chi connectivity index (χ2v) is 5.26. The highest BCUT2D eigenvalue weighted by atomic mass is 79.9. The normalized spacial score (nSPS) is 10.5. The molecule has 0 saturated heterocycles. The first-order chi connectivity index (χ1) is 7.72. The summed E-state index contributed by atoms with van der Waals surface area (Å²) in [6.07, 6.45) is 2.50. The first-order valence-electron chi connectivity index (χ1n) is 5.82. The van der Waals surface area contributed by atoms with Gasteiger partial charge < -0.3 is 4.90 Å². The summed E-state index contributed by atoms with van der Waals surface area (Å²) in [4.78, 5) is 2.42. The monoisotopic (exact) mass is 347 g/mol. The summed E-state index contributed by atoms with van der Waals surface area (Å²) in [5.74, 6) is 0. The van der Waals surface area contributed by atoms with Crippen LogP contribution in [0.3, 0.4) is 0 Å². The van der Waals surface area contributed by atoms with E-state index < -0.39 is 0 Å². The number of unbranched alkanes of at least 4 members (excludes halogenated alkanes) is 1. The molecular formula is C13H19Br2N. The molecule has 0 atom stereocenters. The molecule has 0 spiro atoms. The first kappa shape index (κ1) is 14.0. The molecular weight excluding hydrogens is 330 g/mol. The molecule has 0 aliphatic rings. The number of alkyl halides is 1. The summed E-state index contributed by atoms with van der Waals surface area (Å²) in [5, 5.41) is 0.898. The smallest absolute Gasteiger partial charge is 0.0377 e. The zero-order chi connectivity index (χ0) is 12.0. The van der Waals surface area contributed by atoms with E-state index in [0.717, 1.165) is 18.4 Å². The van der Waals surface area contributed by atoms with Crippen molar-refractivity contribution in [3.63, 3.8) is 0 Å². The van der Waals surface area contributed by atoms with Crippen LogP contribution < -0.4 is 4.90 Å². The topological polar surface area (TPSA) is 3.24 Å². The van der Waals surface area contributed by atoms with E-state index in [2.05, 4.69) is 68.8 Å². The quantitative estimate of drug-likeness (QED) is 0.656. The standard InChI is InChI=1S/C13H19Br2N/c1-3-5-8-16(4-2)12-7-6-11(10-14)13(15)9-12/h6-7,9H,3-5,8,10H2,1-2H3. The van der Waals surface area contributed by atoms with Gasteiger partial charge in [-0.3, -0.25) is 0 Å². The third-order valence-electron chi connectivity index (χ3n) is 2.71. The molecule has 1 nitrogen and oxygen atoms in total. The zero-order valence-corrected chi connectivity index (χ0v) is 13.1. The Morgan fingerprint density at radius 3 is 2.50 bits per heavy atom. The fourth-order valence-electron chi connectivity index (χ4n) is 1.66. The Morgan fingerprint density at radius 2 is 2.00 bits per heavy atom. The van der Waals surface area contributed by atoms with Crippen LogP contribution in [0.2, 0.25) is 0 Å². The van der Waals surface area contributed by atoms with Crippen molar-refractivity contribution < 1.29 is 0 Å². The van der Waals surface area contributed by atoms with E-state index in [1.54, 1.807) is 0 Å². The van der Waals surface area contributed by atoms with E-state index in [0.29, 0.717) is 0 Å². The molecule has 0 aromatic heterocycles. The van der Waals surface area contributed by atoms with Gasteiger partial charge in [0.1, 0.15) is 0 Å². The van der Waals surface area contributed by atoms with Crippen LogP contribution in [0.5, 0.6) is 0 Å². The number of halogens is 2. The van der Waals surface area contributed by atoms with Crippen LogP contribution in [0.15, 0.2) is 22.7 Å². The van der Waals surface area contributed by atoms with Gasteiger partial charge in [0, 0.05) is 28.6 Å². The Kier molecular flexibility index (Phi) is 6.44. The van der Waals surface area contributed by atoms with Crippen molar-refractivity contribution in [2.24, 2.45) is 0 Å². The minimum absolute atomic E-state index is 0.898. The van der Waals surface area contributed by atoms with Crippen LogP contribution in [-0.2, 0) is 5.33 Å². The maximum absolute atomic E-state index is 3.62. The maximum Gasteiger partial charge on any atom is 0.0377 e. The average molecular weight is 349 g/mol. The van der Waals surface area contributed by atoms with Crippen LogP contribution in [-0.4, -0.2) is 13.1 Å². The molecule has 0 bridgehead atoms. The number of rotatable bonds is 6. The summed E-state index contributed by atoms with van der Waals surface area (Å²) in [6.45, 7) is 6.66. The molecule has 0 aliphatic heterocycles. The Bertz CT molecular complexity index is 326. The Labute approximate surface area is 115 Å². The first-order valence-corrected chi connectivity index (χ1v) is 7.73. The summed E-state index contributed by atoms with van der Waals surface area (Å²) in [7, 11) is 0. The molecule has 1 rings (SSSR count). The summed E-state index contributed by atoms with van der Waals surface area (Å²) >= 11 is 7.10. The molecule has 0 saturated carbocycles. The third kappa shape index (κ3) is 3.77. The molecule has 0 fully saturated rings. The molecule has 0 unspecified atom stereocenters. The van der Waals surface area contributed by atoms with Crippen LogP contribution in [0.1, 0.15) is 32.3 Å². The predicted octanol–water partition coefficient (Wildman–Crippen LogP) is 4.97. The minimum atomic E-state index is 0.898. The number of nitrogens with zero attached hydrogens (tertiary/aromatic N) is 1. The molecule has 0 radical (unpaired) electrons. The second kappa shape index (κ2) is 7.33. The highest BCUT2D eigenvalue weighted by Crippen LogP contribution is 2.25. The largest absolute Gasteiger partial charge is 0.372 e. The molecule has 1 aromatic rings. The lowest BCUT2D eigenvalue weighted by Gasteiger charge is -2.23. The van der Waals surface area contributed by atoms with E-state index in [9.17, 15) is 0 Å². The van der Waals surface area contributed by atoms with Crippen LogP contribution >= 0.6 is 31.9 Å². The van der Waals surface area contributed by atoms with Crippen LogP contribution in [0.4, 0.5) is 5.69 Å². The van der Waals surface area contributed by atoms with Crippen molar-refractivity contribution in [2.75, 3.05) is 18.0 Å². The fraction of sp³-hybridized carbons (Fsp3) is 0.538. The molecule has 0 N–H and O–H groups in total. The Morgan fingerprint density at radius 1 is 1.25 bits per heavy atom. The number of hydrogen-bond donors (Lipinski definition) is 0. The van der Waals surface area contributed by atoms with Gasteiger partial charge in [-0.15, -0.1) is 0 Å².